The lowest BCUT2D eigenvalue weighted by atomic mass is 9.86. The van der Waals surface area contributed by atoms with Gasteiger partial charge in [0.05, 0.1) is 0 Å². The van der Waals surface area contributed by atoms with E-state index in [1.807, 2.05) is 38.1 Å². The molecule has 1 atom stereocenters. The van der Waals surface area contributed by atoms with Crippen molar-refractivity contribution in [2.75, 3.05) is 6.54 Å². The second-order valence-electron chi connectivity index (χ2n) is 5.56. The molecule has 0 bridgehead atoms. The standard InChI is InChI=1S/C16H24ClNO/c1-11(2)16(19)15(9-10-18-12(3)4)13-5-7-14(17)8-6-13/h5-8,11-12,15,18H,9-10H2,1-4H3/t15-/m1/s1. The lowest BCUT2D eigenvalue weighted by molar-refractivity contribution is -0.123. The summed E-state index contributed by atoms with van der Waals surface area (Å²) >= 11 is 5.91. The lowest BCUT2D eigenvalue weighted by Gasteiger charge is -2.19. The maximum Gasteiger partial charge on any atom is 0.142 e. The quantitative estimate of drug-likeness (QED) is 0.817. The van der Waals surface area contributed by atoms with Gasteiger partial charge in [-0.3, -0.25) is 4.79 Å². The van der Waals surface area contributed by atoms with Gasteiger partial charge in [0, 0.05) is 22.9 Å². The molecule has 0 aliphatic carbocycles. The summed E-state index contributed by atoms with van der Waals surface area (Å²) < 4.78 is 0. The monoisotopic (exact) mass is 281 g/mol. The molecular weight excluding hydrogens is 258 g/mol. The van der Waals surface area contributed by atoms with Crippen molar-refractivity contribution in [3.8, 4) is 0 Å². The second kappa shape index (κ2) is 7.66. The summed E-state index contributed by atoms with van der Waals surface area (Å²) in [5.74, 6) is 0.316. The molecule has 0 spiro atoms. The Kier molecular flexibility index (Phi) is 6.53. The van der Waals surface area contributed by atoms with Crippen LogP contribution in [0.2, 0.25) is 5.02 Å². The third-order valence-electron chi connectivity index (χ3n) is 3.17. The van der Waals surface area contributed by atoms with E-state index in [9.17, 15) is 4.79 Å². The summed E-state index contributed by atoms with van der Waals surface area (Å²) in [6.07, 6.45) is 0.830. The SMILES string of the molecule is CC(C)NCC[C@@H](C(=O)C(C)C)c1ccc(Cl)cc1. The van der Waals surface area contributed by atoms with Crippen LogP contribution in [0, 0.1) is 5.92 Å². The molecule has 1 rings (SSSR count). The molecule has 0 saturated heterocycles. The smallest absolute Gasteiger partial charge is 0.142 e. The Labute approximate surface area is 121 Å². The third kappa shape index (κ3) is 5.33. The molecule has 2 nitrogen and oxygen atoms in total. The van der Waals surface area contributed by atoms with Crippen molar-refractivity contribution >= 4 is 17.4 Å². The summed E-state index contributed by atoms with van der Waals surface area (Å²) in [6.45, 7) is 8.99. The highest BCUT2D eigenvalue weighted by molar-refractivity contribution is 6.30. The van der Waals surface area contributed by atoms with E-state index in [-0.39, 0.29) is 11.8 Å². The Morgan fingerprint density at radius 1 is 1.16 bits per heavy atom. The van der Waals surface area contributed by atoms with Gasteiger partial charge >= 0.3 is 0 Å². The zero-order chi connectivity index (χ0) is 14.4. The zero-order valence-corrected chi connectivity index (χ0v) is 13.0. The van der Waals surface area contributed by atoms with Crippen molar-refractivity contribution < 1.29 is 4.79 Å². The van der Waals surface area contributed by atoms with Crippen LogP contribution in [0.15, 0.2) is 24.3 Å². The minimum absolute atomic E-state index is 0.0384. The Balaban J connectivity index is 2.80. The van der Waals surface area contributed by atoms with Gasteiger partial charge in [-0.2, -0.15) is 0 Å². The van der Waals surface area contributed by atoms with E-state index < -0.39 is 0 Å². The van der Waals surface area contributed by atoms with Crippen molar-refractivity contribution in [3.63, 3.8) is 0 Å². The van der Waals surface area contributed by atoms with Crippen LogP contribution in [0.1, 0.15) is 45.6 Å². The molecular formula is C16H24ClNO. The van der Waals surface area contributed by atoms with Gasteiger partial charge in [0.1, 0.15) is 5.78 Å². The maximum atomic E-state index is 12.3. The molecule has 0 saturated carbocycles. The van der Waals surface area contributed by atoms with Crippen LogP contribution in [-0.4, -0.2) is 18.4 Å². The summed E-state index contributed by atoms with van der Waals surface area (Å²) in [7, 11) is 0. The molecule has 0 aromatic heterocycles. The van der Waals surface area contributed by atoms with Crippen LogP contribution in [0.3, 0.4) is 0 Å². The Hall–Kier alpha value is -0.860. The fourth-order valence-corrected chi connectivity index (χ4v) is 2.21. The van der Waals surface area contributed by atoms with Crippen molar-refractivity contribution in [3.05, 3.63) is 34.9 Å². The largest absolute Gasteiger partial charge is 0.314 e. The number of rotatable bonds is 7. The molecule has 0 aliphatic rings. The van der Waals surface area contributed by atoms with E-state index in [1.54, 1.807) is 0 Å². The van der Waals surface area contributed by atoms with Crippen LogP contribution >= 0.6 is 11.6 Å². The molecule has 1 N–H and O–H groups in total. The molecule has 0 unspecified atom stereocenters. The second-order valence-corrected chi connectivity index (χ2v) is 6.00. The number of ketones is 1. The predicted octanol–water partition coefficient (Wildman–Crippen LogP) is 4.04. The maximum absolute atomic E-state index is 12.3. The molecule has 0 aliphatic heterocycles. The first kappa shape index (κ1) is 16.2. The summed E-state index contributed by atoms with van der Waals surface area (Å²) in [5.41, 5.74) is 1.06. The Bertz CT molecular complexity index is 398. The molecule has 0 heterocycles. The normalized spacial score (nSPS) is 13.0. The first-order chi connectivity index (χ1) is 8.91. The van der Waals surface area contributed by atoms with Crippen molar-refractivity contribution in [2.24, 2.45) is 5.92 Å². The fraction of sp³-hybridized carbons (Fsp3) is 0.562. The van der Waals surface area contributed by atoms with E-state index in [0.717, 1.165) is 18.5 Å². The van der Waals surface area contributed by atoms with Crippen LogP contribution in [-0.2, 0) is 4.79 Å². The number of hydrogen-bond donors (Lipinski definition) is 1. The number of benzene rings is 1. The molecule has 3 heteroatoms. The zero-order valence-electron chi connectivity index (χ0n) is 12.2. The molecule has 1 aromatic rings. The fourth-order valence-electron chi connectivity index (χ4n) is 2.09. The molecule has 0 radical (unpaired) electrons. The third-order valence-corrected chi connectivity index (χ3v) is 3.42. The average molecular weight is 282 g/mol. The van der Waals surface area contributed by atoms with E-state index in [0.29, 0.717) is 16.8 Å². The van der Waals surface area contributed by atoms with E-state index in [2.05, 4.69) is 19.2 Å². The number of Topliss-reactive ketones (excluding diaryl/α,β-unsaturated/α-hetero) is 1. The first-order valence-electron chi connectivity index (χ1n) is 6.94. The first-order valence-corrected chi connectivity index (χ1v) is 7.32. The van der Waals surface area contributed by atoms with Crippen molar-refractivity contribution in [1.29, 1.82) is 0 Å². The Morgan fingerprint density at radius 2 is 1.74 bits per heavy atom. The van der Waals surface area contributed by atoms with Gasteiger partial charge < -0.3 is 5.32 Å². The molecule has 1 aromatic carbocycles. The van der Waals surface area contributed by atoms with Crippen LogP contribution in [0.4, 0.5) is 0 Å². The molecule has 0 fully saturated rings. The van der Waals surface area contributed by atoms with Gasteiger partial charge in [0.2, 0.25) is 0 Å². The van der Waals surface area contributed by atoms with Crippen molar-refractivity contribution in [1.82, 2.24) is 5.32 Å². The average Bonchev–Trinajstić information content (AvgIpc) is 2.35. The van der Waals surface area contributed by atoms with Gasteiger partial charge in [-0.25, -0.2) is 0 Å². The summed E-state index contributed by atoms with van der Waals surface area (Å²) in [4.78, 5) is 12.3. The molecule has 19 heavy (non-hydrogen) atoms. The molecule has 106 valence electrons. The van der Waals surface area contributed by atoms with Crippen LogP contribution < -0.4 is 5.32 Å². The number of nitrogens with one attached hydrogen (secondary N) is 1. The highest BCUT2D eigenvalue weighted by Crippen LogP contribution is 2.25. The topological polar surface area (TPSA) is 29.1 Å². The van der Waals surface area contributed by atoms with E-state index in [1.165, 1.54) is 0 Å². The summed E-state index contributed by atoms with van der Waals surface area (Å²) in [6, 6.07) is 8.08. The van der Waals surface area contributed by atoms with Crippen LogP contribution in [0.5, 0.6) is 0 Å². The van der Waals surface area contributed by atoms with Crippen LogP contribution in [0.25, 0.3) is 0 Å². The number of carbonyl (C=O) groups is 1. The van der Waals surface area contributed by atoms with Gasteiger partial charge in [-0.15, -0.1) is 0 Å². The Morgan fingerprint density at radius 3 is 2.21 bits per heavy atom. The minimum atomic E-state index is -0.0384. The van der Waals surface area contributed by atoms with Crippen molar-refractivity contribution in [2.45, 2.75) is 46.1 Å². The highest BCUT2D eigenvalue weighted by Gasteiger charge is 2.22. The van der Waals surface area contributed by atoms with E-state index >= 15 is 0 Å². The van der Waals surface area contributed by atoms with Gasteiger partial charge in [-0.1, -0.05) is 51.4 Å². The highest BCUT2D eigenvalue weighted by atomic mass is 35.5. The summed E-state index contributed by atoms with van der Waals surface area (Å²) in [5, 5.41) is 4.08. The predicted molar refractivity (Wildman–Crippen MR) is 81.8 cm³/mol. The minimum Gasteiger partial charge on any atom is -0.314 e. The van der Waals surface area contributed by atoms with Gasteiger partial charge in [0.15, 0.2) is 0 Å². The van der Waals surface area contributed by atoms with Gasteiger partial charge in [0.25, 0.3) is 0 Å². The number of halogens is 1. The van der Waals surface area contributed by atoms with E-state index in [4.69, 9.17) is 11.6 Å². The lowest BCUT2D eigenvalue weighted by Crippen LogP contribution is -2.28. The van der Waals surface area contributed by atoms with Gasteiger partial charge in [-0.05, 0) is 30.7 Å². The number of hydrogen-bond acceptors (Lipinski definition) is 2. The number of carbonyl (C=O) groups excluding carboxylic acids is 1. The molecule has 0 amide bonds.